The number of hydrogen-bond acceptors (Lipinski definition) is 5. The first-order valence-corrected chi connectivity index (χ1v) is 7.44. The van der Waals surface area contributed by atoms with Crippen molar-refractivity contribution in [3.05, 3.63) is 39.5 Å². The summed E-state index contributed by atoms with van der Waals surface area (Å²) < 4.78 is 3.20. The number of nitro groups is 1. The molecule has 0 bridgehead atoms. The summed E-state index contributed by atoms with van der Waals surface area (Å²) in [5, 5.41) is 22.0. The van der Waals surface area contributed by atoms with Crippen LogP contribution < -0.4 is 5.32 Å². The maximum atomic E-state index is 12.4. The van der Waals surface area contributed by atoms with Gasteiger partial charge < -0.3 is 5.32 Å². The average Bonchev–Trinajstić information content (AvgIpc) is 3.10. The fraction of sp³-hybridized carbons (Fsp3) is 0.500. The first-order valence-electron chi connectivity index (χ1n) is 7.44. The maximum absolute atomic E-state index is 12.4. The summed E-state index contributed by atoms with van der Waals surface area (Å²) in [6, 6.07) is -0.325. The van der Waals surface area contributed by atoms with E-state index in [1.54, 1.807) is 13.1 Å². The summed E-state index contributed by atoms with van der Waals surface area (Å²) in [5.74, 6) is -0.569. The van der Waals surface area contributed by atoms with Crippen LogP contribution in [-0.4, -0.2) is 30.4 Å². The molecule has 0 aromatic carbocycles. The Balaban J connectivity index is 2.23. The lowest BCUT2D eigenvalue weighted by molar-refractivity contribution is -0.385. The molecule has 0 saturated carbocycles. The highest BCUT2D eigenvalue weighted by Crippen LogP contribution is 2.20. The number of rotatable bonds is 6. The summed E-state index contributed by atoms with van der Waals surface area (Å²) in [5.41, 5.74) is 1.36. The molecule has 9 nitrogen and oxygen atoms in total. The highest BCUT2D eigenvalue weighted by Gasteiger charge is 2.27. The van der Waals surface area contributed by atoms with Gasteiger partial charge in [-0.25, -0.2) is 0 Å². The van der Waals surface area contributed by atoms with Crippen LogP contribution >= 0.6 is 0 Å². The number of aryl methyl sites for hydroxylation is 2. The zero-order valence-corrected chi connectivity index (χ0v) is 13.6. The minimum Gasteiger partial charge on any atom is -0.344 e. The molecule has 124 valence electrons. The maximum Gasteiger partial charge on any atom is 0.320 e. The van der Waals surface area contributed by atoms with Crippen molar-refractivity contribution in [1.82, 2.24) is 24.9 Å². The van der Waals surface area contributed by atoms with Crippen molar-refractivity contribution in [2.75, 3.05) is 0 Å². The number of nitrogens with zero attached hydrogens (tertiary/aromatic N) is 5. The van der Waals surface area contributed by atoms with Crippen molar-refractivity contribution in [3.63, 3.8) is 0 Å². The predicted octanol–water partition coefficient (Wildman–Crippen LogP) is 1.83. The van der Waals surface area contributed by atoms with Crippen molar-refractivity contribution < 1.29 is 9.72 Å². The molecule has 2 heterocycles. The summed E-state index contributed by atoms with van der Waals surface area (Å²) in [4.78, 5) is 22.8. The Labute approximate surface area is 133 Å². The van der Waals surface area contributed by atoms with Crippen LogP contribution in [0.1, 0.15) is 48.6 Å². The monoisotopic (exact) mass is 320 g/mol. The zero-order chi connectivity index (χ0) is 17.1. The average molecular weight is 320 g/mol. The quantitative estimate of drug-likeness (QED) is 0.645. The van der Waals surface area contributed by atoms with Crippen molar-refractivity contribution in [2.45, 2.75) is 46.8 Å². The second-order valence-electron chi connectivity index (χ2n) is 5.17. The molecule has 1 amide bonds. The van der Waals surface area contributed by atoms with E-state index in [1.165, 1.54) is 10.9 Å². The molecular formula is C14H20N6O3. The van der Waals surface area contributed by atoms with Gasteiger partial charge in [-0.2, -0.15) is 10.2 Å². The van der Waals surface area contributed by atoms with E-state index in [1.807, 2.05) is 25.5 Å². The van der Waals surface area contributed by atoms with Gasteiger partial charge in [-0.15, -0.1) is 0 Å². The first-order chi connectivity index (χ1) is 10.9. The molecule has 9 heteroatoms. The van der Waals surface area contributed by atoms with Crippen LogP contribution in [0.2, 0.25) is 0 Å². The van der Waals surface area contributed by atoms with Crippen LogP contribution in [-0.2, 0) is 13.1 Å². The van der Waals surface area contributed by atoms with E-state index in [0.717, 1.165) is 17.8 Å². The van der Waals surface area contributed by atoms with Crippen LogP contribution in [0.5, 0.6) is 0 Å². The van der Waals surface area contributed by atoms with Gasteiger partial charge >= 0.3 is 5.69 Å². The molecule has 1 atom stereocenters. The van der Waals surface area contributed by atoms with Gasteiger partial charge in [0.1, 0.15) is 6.20 Å². The van der Waals surface area contributed by atoms with Gasteiger partial charge in [0.25, 0.3) is 5.91 Å². The molecule has 0 aliphatic heterocycles. The molecule has 0 saturated heterocycles. The highest BCUT2D eigenvalue weighted by molar-refractivity contribution is 5.96. The van der Waals surface area contributed by atoms with E-state index in [4.69, 9.17) is 0 Å². The Hall–Kier alpha value is -2.71. The highest BCUT2D eigenvalue weighted by atomic mass is 16.6. The lowest BCUT2D eigenvalue weighted by atomic mass is 10.1. The summed E-state index contributed by atoms with van der Waals surface area (Å²) in [7, 11) is 0. The van der Waals surface area contributed by atoms with Gasteiger partial charge in [0.05, 0.1) is 17.2 Å². The molecule has 0 spiro atoms. The molecule has 0 fully saturated rings. The van der Waals surface area contributed by atoms with Crippen LogP contribution in [0.25, 0.3) is 0 Å². The Morgan fingerprint density at radius 2 is 2.13 bits per heavy atom. The van der Waals surface area contributed by atoms with Gasteiger partial charge in [0.15, 0.2) is 0 Å². The van der Waals surface area contributed by atoms with Gasteiger partial charge in [0.2, 0.25) is 5.69 Å². The van der Waals surface area contributed by atoms with E-state index in [2.05, 4.69) is 15.5 Å². The Morgan fingerprint density at radius 1 is 1.43 bits per heavy atom. The predicted molar refractivity (Wildman–Crippen MR) is 83.1 cm³/mol. The Morgan fingerprint density at radius 3 is 2.65 bits per heavy atom. The van der Waals surface area contributed by atoms with E-state index in [0.29, 0.717) is 6.54 Å². The number of hydrogen-bond donors (Lipinski definition) is 1. The molecule has 0 aliphatic carbocycles. The second kappa shape index (κ2) is 6.59. The van der Waals surface area contributed by atoms with Crippen LogP contribution in [0.4, 0.5) is 5.69 Å². The molecule has 2 aromatic heterocycles. The van der Waals surface area contributed by atoms with Gasteiger partial charge in [0, 0.05) is 24.3 Å². The molecule has 0 radical (unpaired) electrons. The van der Waals surface area contributed by atoms with Crippen LogP contribution in [0.15, 0.2) is 12.4 Å². The standard InChI is InChI=1S/C14H20N6O3/c1-5-18-8-12(20(22)23)13(17-18)14(21)16-9(3)11-7-15-19(6-2)10(11)4/h7-9H,5-6H2,1-4H3,(H,16,21). The van der Waals surface area contributed by atoms with Crippen molar-refractivity contribution in [1.29, 1.82) is 0 Å². The SMILES string of the molecule is CCn1cc([N+](=O)[O-])c(C(=O)NC(C)c2cnn(CC)c2C)n1. The minimum atomic E-state index is -0.598. The molecule has 2 aromatic rings. The van der Waals surface area contributed by atoms with Crippen LogP contribution in [0.3, 0.4) is 0 Å². The third-order valence-corrected chi connectivity index (χ3v) is 3.73. The summed E-state index contributed by atoms with van der Waals surface area (Å²) in [6.07, 6.45) is 2.96. The smallest absolute Gasteiger partial charge is 0.320 e. The van der Waals surface area contributed by atoms with Gasteiger partial charge in [-0.1, -0.05) is 0 Å². The molecule has 23 heavy (non-hydrogen) atoms. The largest absolute Gasteiger partial charge is 0.344 e. The van der Waals surface area contributed by atoms with Crippen LogP contribution in [0, 0.1) is 17.0 Å². The number of amides is 1. The van der Waals surface area contributed by atoms with E-state index >= 15 is 0 Å². The second-order valence-corrected chi connectivity index (χ2v) is 5.17. The summed E-state index contributed by atoms with van der Waals surface area (Å²) >= 11 is 0. The number of aromatic nitrogens is 4. The number of carbonyl (C=O) groups is 1. The third kappa shape index (κ3) is 3.22. The first kappa shape index (κ1) is 16.7. The normalized spacial score (nSPS) is 12.2. The minimum absolute atomic E-state index is 0.177. The molecule has 1 N–H and O–H groups in total. The number of nitrogens with one attached hydrogen (secondary N) is 1. The third-order valence-electron chi connectivity index (χ3n) is 3.73. The van der Waals surface area contributed by atoms with Crippen molar-refractivity contribution in [3.8, 4) is 0 Å². The molecule has 1 unspecified atom stereocenters. The van der Waals surface area contributed by atoms with Crippen molar-refractivity contribution >= 4 is 11.6 Å². The fourth-order valence-electron chi connectivity index (χ4n) is 2.42. The Bertz CT molecular complexity index is 733. The molecular weight excluding hydrogens is 300 g/mol. The van der Waals surface area contributed by atoms with E-state index < -0.39 is 10.8 Å². The fourth-order valence-corrected chi connectivity index (χ4v) is 2.42. The lowest BCUT2D eigenvalue weighted by Gasteiger charge is -2.13. The van der Waals surface area contributed by atoms with Gasteiger partial charge in [-0.3, -0.25) is 24.3 Å². The molecule has 2 rings (SSSR count). The lowest BCUT2D eigenvalue weighted by Crippen LogP contribution is -2.28. The Kier molecular flexibility index (Phi) is 4.77. The van der Waals surface area contributed by atoms with E-state index in [9.17, 15) is 14.9 Å². The molecule has 0 aliphatic rings. The summed E-state index contributed by atoms with van der Waals surface area (Å²) in [6.45, 7) is 8.69. The van der Waals surface area contributed by atoms with E-state index in [-0.39, 0.29) is 17.4 Å². The van der Waals surface area contributed by atoms with Gasteiger partial charge in [-0.05, 0) is 27.7 Å². The topological polar surface area (TPSA) is 108 Å². The van der Waals surface area contributed by atoms with Crippen molar-refractivity contribution in [2.24, 2.45) is 0 Å². The zero-order valence-electron chi connectivity index (χ0n) is 13.6. The number of carbonyl (C=O) groups excluding carboxylic acids is 1.